The summed E-state index contributed by atoms with van der Waals surface area (Å²) in [5.74, 6) is 1.73. The Kier molecular flexibility index (Phi) is 2.63. The van der Waals surface area contributed by atoms with Crippen LogP contribution in [0, 0.1) is 0 Å². The molecule has 2 aromatic carbocycles. The summed E-state index contributed by atoms with van der Waals surface area (Å²) in [6.45, 7) is 0. The van der Waals surface area contributed by atoms with Gasteiger partial charge in [-0.2, -0.15) is 0 Å². The minimum atomic E-state index is 0.754. The molecule has 0 amide bonds. The minimum absolute atomic E-state index is 0.754. The molecular weight excluding hydrogens is 238 g/mol. The number of benzene rings is 2. The molecule has 96 valence electrons. The van der Waals surface area contributed by atoms with E-state index in [2.05, 4.69) is 9.55 Å². The fourth-order valence-corrected chi connectivity index (χ4v) is 2.20. The summed E-state index contributed by atoms with van der Waals surface area (Å²) in [6, 6.07) is 13.6. The summed E-state index contributed by atoms with van der Waals surface area (Å²) in [4.78, 5) is 4.66. The molecule has 0 aliphatic heterocycles. The fraction of sp³-hybridized carbons (Fsp3) is 0.133. The number of aryl methyl sites for hydroxylation is 1. The molecule has 1 aromatic heterocycles. The van der Waals surface area contributed by atoms with Crippen molar-refractivity contribution in [2.24, 2.45) is 7.05 Å². The van der Waals surface area contributed by atoms with Gasteiger partial charge in [-0.3, -0.25) is 0 Å². The first-order chi connectivity index (χ1) is 9.19. The molecular formula is C15H15N3O. The molecule has 0 atom stereocenters. The molecule has 0 saturated heterocycles. The summed E-state index contributed by atoms with van der Waals surface area (Å²) in [5.41, 5.74) is 9.52. The summed E-state index contributed by atoms with van der Waals surface area (Å²) < 4.78 is 7.30. The Bertz CT molecular complexity index is 729. The molecule has 0 aliphatic rings. The average molecular weight is 253 g/mol. The van der Waals surface area contributed by atoms with Crippen molar-refractivity contribution in [3.63, 3.8) is 0 Å². The summed E-state index contributed by atoms with van der Waals surface area (Å²) in [6.07, 6.45) is 0. The number of rotatable bonds is 2. The van der Waals surface area contributed by atoms with E-state index in [0.717, 1.165) is 33.9 Å². The topological polar surface area (TPSA) is 53.1 Å². The van der Waals surface area contributed by atoms with Gasteiger partial charge in [0, 0.05) is 24.4 Å². The molecule has 0 saturated carbocycles. The lowest BCUT2D eigenvalue weighted by Gasteiger charge is -2.03. The zero-order chi connectivity index (χ0) is 13.4. The standard InChI is InChI=1S/C15H15N3O/c1-18-14-8-7-12(19-2)9-13(14)17-15(18)10-3-5-11(16)6-4-10/h3-9H,16H2,1-2H3. The van der Waals surface area contributed by atoms with Gasteiger partial charge < -0.3 is 15.0 Å². The van der Waals surface area contributed by atoms with Crippen molar-refractivity contribution in [2.75, 3.05) is 12.8 Å². The minimum Gasteiger partial charge on any atom is -0.497 e. The van der Waals surface area contributed by atoms with Gasteiger partial charge in [0.15, 0.2) is 0 Å². The second-order valence-corrected chi connectivity index (χ2v) is 4.47. The van der Waals surface area contributed by atoms with Crippen LogP contribution in [0.1, 0.15) is 0 Å². The highest BCUT2D eigenvalue weighted by Gasteiger charge is 2.10. The van der Waals surface area contributed by atoms with Crippen LogP contribution >= 0.6 is 0 Å². The SMILES string of the molecule is COc1ccc2c(c1)nc(-c1ccc(N)cc1)n2C. The summed E-state index contributed by atoms with van der Waals surface area (Å²) >= 11 is 0. The van der Waals surface area contributed by atoms with Gasteiger partial charge in [-0.25, -0.2) is 4.98 Å². The lowest BCUT2D eigenvalue weighted by molar-refractivity contribution is 0.415. The number of nitrogens with zero attached hydrogens (tertiary/aromatic N) is 2. The third kappa shape index (κ3) is 1.91. The quantitative estimate of drug-likeness (QED) is 0.714. The van der Waals surface area contributed by atoms with E-state index in [9.17, 15) is 0 Å². The summed E-state index contributed by atoms with van der Waals surface area (Å²) in [7, 11) is 3.67. The van der Waals surface area contributed by atoms with Crippen LogP contribution in [0.15, 0.2) is 42.5 Å². The Morgan fingerprint density at radius 1 is 1.11 bits per heavy atom. The number of methoxy groups -OCH3 is 1. The van der Waals surface area contributed by atoms with E-state index >= 15 is 0 Å². The first-order valence-corrected chi connectivity index (χ1v) is 6.05. The van der Waals surface area contributed by atoms with E-state index in [1.165, 1.54) is 0 Å². The number of hydrogen-bond donors (Lipinski definition) is 1. The lowest BCUT2D eigenvalue weighted by atomic mass is 10.2. The number of hydrogen-bond acceptors (Lipinski definition) is 3. The third-order valence-electron chi connectivity index (χ3n) is 3.26. The van der Waals surface area contributed by atoms with E-state index in [1.54, 1.807) is 7.11 Å². The molecule has 2 N–H and O–H groups in total. The summed E-state index contributed by atoms with van der Waals surface area (Å²) in [5, 5.41) is 0. The Labute approximate surface area is 111 Å². The van der Waals surface area contributed by atoms with Crippen molar-refractivity contribution in [2.45, 2.75) is 0 Å². The largest absolute Gasteiger partial charge is 0.497 e. The molecule has 3 aromatic rings. The first kappa shape index (κ1) is 11.6. The molecule has 4 heteroatoms. The zero-order valence-corrected chi connectivity index (χ0v) is 10.9. The van der Waals surface area contributed by atoms with Crippen LogP contribution < -0.4 is 10.5 Å². The lowest BCUT2D eigenvalue weighted by Crippen LogP contribution is -1.93. The molecule has 0 bridgehead atoms. The number of nitrogen functional groups attached to an aromatic ring is 1. The van der Waals surface area contributed by atoms with E-state index in [1.807, 2.05) is 49.5 Å². The monoisotopic (exact) mass is 253 g/mol. The molecule has 0 fully saturated rings. The molecule has 0 radical (unpaired) electrons. The number of imidazole rings is 1. The van der Waals surface area contributed by atoms with Crippen LogP contribution in [0.2, 0.25) is 0 Å². The Morgan fingerprint density at radius 2 is 1.84 bits per heavy atom. The fourth-order valence-electron chi connectivity index (χ4n) is 2.20. The van der Waals surface area contributed by atoms with Gasteiger partial charge in [-0.1, -0.05) is 0 Å². The molecule has 3 rings (SSSR count). The van der Waals surface area contributed by atoms with Crippen molar-refractivity contribution < 1.29 is 4.74 Å². The van der Waals surface area contributed by atoms with Gasteiger partial charge in [0.1, 0.15) is 11.6 Å². The van der Waals surface area contributed by atoms with Gasteiger partial charge in [0.2, 0.25) is 0 Å². The predicted octanol–water partition coefficient (Wildman–Crippen LogP) is 2.83. The second-order valence-electron chi connectivity index (χ2n) is 4.47. The highest BCUT2D eigenvalue weighted by atomic mass is 16.5. The van der Waals surface area contributed by atoms with Crippen molar-refractivity contribution in [3.05, 3.63) is 42.5 Å². The van der Waals surface area contributed by atoms with E-state index in [-0.39, 0.29) is 0 Å². The van der Waals surface area contributed by atoms with Crippen molar-refractivity contribution in [1.29, 1.82) is 0 Å². The smallest absolute Gasteiger partial charge is 0.140 e. The van der Waals surface area contributed by atoms with Crippen LogP contribution in [-0.4, -0.2) is 16.7 Å². The van der Waals surface area contributed by atoms with Crippen LogP contribution in [0.3, 0.4) is 0 Å². The highest BCUT2D eigenvalue weighted by molar-refractivity contribution is 5.82. The molecule has 19 heavy (non-hydrogen) atoms. The van der Waals surface area contributed by atoms with Gasteiger partial charge in [-0.05, 0) is 36.4 Å². The number of nitrogens with two attached hydrogens (primary N) is 1. The molecule has 0 unspecified atom stereocenters. The number of fused-ring (bicyclic) bond motifs is 1. The van der Waals surface area contributed by atoms with Crippen molar-refractivity contribution in [1.82, 2.24) is 9.55 Å². The Balaban J connectivity index is 2.19. The first-order valence-electron chi connectivity index (χ1n) is 6.05. The van der Waals surface area contributed by atoms with E-state index in [4.69, 9.17) is 10.5 Å². The maximum Gasteiger partial charge on any atom is 0.140 e. The molecule has 4 nitrogen and oxygen atoms in total. The van der Waals surface area contributed by atoms with Crippen LogP contribution in [0.5, 0.6) is 5.75 Å². The normalized spacial score (nSPS) is 10.8. The maximum absolute atomic E-state index is 5.71. The second kappa shape index (κ2) is 4.31. The average Bonchev–Trinajstić information content (AvgIpc) is 2.76. The molecule has 0 aliphatic carbocycles. The van der Waals surface area contributed by atoms with Crippen LogP contribution in [0.4, 0.5) is 5.69 Å². The number of ether oxygens (including phenoxy) is 1. The molecule has 0 spiro atoms. The highest BCUT2D eigenvalue weighted by Crippen LogP contribution is 2.26. The third-order valence-corrected chi connectivity index (χ3v) is 3.26. The van der Waals surface area contributed by atoms with Crippen molar-refractivity contribution in [3.8, 4) is 17.1 Å². The van der Waals surface area contributed by atoms with E-state index < -0.39 is 0 Å². The zero-order valence-electron chi connectivity index (χ0n) is 10.9. The van der Waals surface area contributed by atoms with Gasteiger partial charge >= 0.3 is 0 Å². The Morgan fingerprint density at radius 3 is 2.53 bits per heavy atom. The van der Waals surface area contributed by atoms with E-state index in [0.29, 0.717) is 0 Å². The van der Waals surface area contributed by atoms with Gasteiger partial charge in [-0.15, -0.1) is 0 Å². The predicted molar refractivity (Wildman–Crippen MR) is 77.1 cm³/mol. The van der Waals surface area contributed by atoms with Crippen molar-refractivity contribution >= 4 is 16.7 Å². The number of anilines is 1. The number of aromatic nitrogens is 2. The molecule has 1 heterocycles. The van der Waals surface area contributed by atoms with Gasteiger partial charge in [0.05, 0.1) is 18.1 Å². The van der Waals surface area contributed by atoms with Crippen LogP contribution in [-0.2, 0) is 7.05 Å². The Hall–Kier alpha value is -2.49. The van der Waals surface area contributed by atoms with Gasteiger partial charge in [0.25, 0.3) is 0 Å². The van der Waals surface area contributed by atoms with Crippen LogP contribution in [0.25, 0.3) is 22.4 Å². The maximum atomic E-state index is 5.71.